The van der Waals surface area contributed by atoms with Crippen molar-refractivity contribution in [3.8, 4) is 16.9 Å². The monoisotopic (exact) mass is 350 g/mol. The van der Waals surface area contributed by atoms with Gasteiger partial charge >= 0.3 is 0 Å². The SMILES string of the molecule is C=CCc1c(O)c(-c2cccc3ccccc23)c2ccccc2c1CC=C. The molecule has 1 heteroatoms. The zero-order chi connectivity index (χ0) is 18.8. The molecule has 132 valence electrons. The van der Waals surface area contributed by atoms with E-state index in [0.29, 0.717) is 18.6 Å². The van der Waals surface area contributed by atoms with Crippen LogP contribution in [0.1, 0.15) is 11.1 Å². The molecule has 0 saturated heterocycles. The fraction of sp³-hybridized carbons (Fsp3) is 0.0769. The van der Waals surface area contributed by atoms with Crippen LogP contribution < -0.4 is 0 Å². The lowest BCUT2D eigenvalue weighted by molar-refractivity contribution is 0.472. The molecule has 0 aliphatic carbocycles. The van der Waals surface area contributed by atoms with Crippen molar-refractivity contribution in [2.45, 2.75) is 12.8 Å². The quantitative estimate of drug-likeness (QED) is 0.391. The van der Waals surface area contributed by atoms with Crippen LogP contribution in [0.2, 0.25) is 0 Å². The normalized spacial score (nSPS) is 11.0. The van der Waals surface area contributed by atoms with Gasteiger partial charge in [-0.05, 0) is 45.5 Å². The topological polar surface area (TPSA) is 20.2 Å². The highest BCUT2D eigenvalue weighted by Crippen LogP contribution is 2.44. The van der Waals surface area contributed by atoms with E-state index in [-0.39, 0.29) is 0 Å². The Labute approximate surface area is 159 Å². The van der Waals surface area contributed by atoms with E-state index in [4.69, 9.17) is 0 Å². The molecule has 4 aromatic carbocycles. The molecular formula is C26H22O. The Morgan fingerprint density at radius 1 is 0.667 bits per heavy atom. The van der Waals surface area contributed by atoms with Crippen LogP contribution in [-0.4, -0.2) is 5.11 Å². The summed E-state index contributed by atoms with van der Waals surface area (Å²) in [5.74, 6) is 0.349. The molecule has 0 aliphatic heterocycles. The van der Waals surface area contributed by atoms with Crippen molar-refractivity contribution in [3.05, 3.63) is 103 Å². The van der Waals surface area contributed by atoms with Crippen molar-refractivity contribution in [1.29, 1.82) is 0 Å². The van der Waals surface area contributed by atoms with E-state index in [2.05, 4.69) is 61.7 Å². The summed E-state index contributed by atoms with van der Waals surface area (Å²) in [5.41, 5.74) is 4.01. The smallest absolute Gasteiger partial charge is 0.127 e. The Bertz CT molecular complexity index is 1160. The van der Waals surface area contributed by atoms with Crippen LogP contribution in [0.5, 0.6) is 5.75 Å². The molecule has 0 unspecified atom stereocenters. The van der Waals surface area contributed by atoms with Crippen LogP contribution in [0, 0.1) is 0 Å². The molecule has 0 radical (unpaired) electrons. The van der Waals surface area contributed by atoms with Gasteiger partial charge in [0, 0.05) is 11.1 Å². The molecule has 0 aliphatic rings. The van der Waals surface area contributed by atoms with Gasteiger partial charge in [-0.15, -0.1) is 13.2 Å². The second kappa shape index (κ2) is 7.13. The average molecular weight is 350 g/mol. The second-order valence-electron chi connectivity index (χ2n) is 6.74. The highest BCUT2D eigenvalue weighted by atomic mass is 16.3. The number of fused-ring (bicyclic) bond motifs is 2. The predicted octanol–water partition coefficient (Wildman–Crippen LogP) is 6.82. The maximum atomic E-state index is 11.4. The fourth-order valence-corrected chi connectivity index (χ4v) is 4.01. The predicted molar refractivity (Wildman–Crippen MR) is 116 cm³/mol. The largest absolute Gasteiger partial charge is 0.507 e. The highest BCUT2D eigenvalue weighted by Gasteiger charge is 2.19. The Hall–Kier alpha value is -3.32. The summed E-state index contributed by atoms with van der Waals surface area (Å²) in [5, 5.41) is 15.9. The van der Waals surface area contributed by atoms with Crippen molar-refractivity contribution in [1.82, 2.24) is 0 Å². The van der Waals surface area contributed by atoms with Crippen LogP contribution in [0.15, 0.2) is 92.0 Å². The van der Waals surface area contributed by atoms with Crippen LogP contribution in [0.3, 0.4) is 0 Å². The van der Waals surface area contributed by atoms with E-state index in [9.17, 15) is 5.11 Å². The summed E-state index contributed by atoms with van der Waals surface area (Å²) in [7, 11) is 0. The molecule has 27 heavy (non-hydrogen) atoms. The highest BCUT2D eigenvalue weighted by molar-refractivity contribution is 6.09. The maximum Gasteiger partial charge on any atom is 0.127 e. The summed E-state index contributed by atoms with van der Waals surface area (Å²) < 4.78 is 0. The zero-order valence-electron chi connectivity index (χ0n) is 15.3. The Kier molecular flexibility index (Phi) is 4.52. The van der Waals surface area contributed by atoms with E-state index in [1.54, 1.807) is 0 Å². The molecule has 0 fully saturated rings. The Morgan fingerprint density at radius 2 is 1.26 bits per heavy atom. The van der Waals surface area contributed by atoms with Gasteiger partial charge in [0.1, 0.15) is 5.75 Å². The minimum absolute atomic E-state index is 0.349. The van der Waals surface area contributed by atoms with Crippen molar-refractivity contribution < 1.29 is 5.11 Å². The van der Waals surface area contributed by atoms with Crippen molar-refractivity contribution >= 4 is 21.5 Å². The van der Waals surface area contributed by atoms with E-state index >= 15 is 0 Å². The number of hydrogen-bond donors (Lipinski definition) is 1. The van der Waals surface area contributed by atoms with Gasteiger partial charge in [0.15, 0.2) is 0 Å². The molecular weight excluding hydrogens is 328 g/mol. The van der Waals surface area contributed by atoms with Crippen LogP contribution in [-0.2, 0) is 12.8 Å². The summed E-state index contributed by atoms with van der Waals surface area (Å²) in [6.07, 6.45) is 5.08. The second-order valence-corrected chi connectivity index (χ2v) is 6.74. The van der Waals surface area contributed by atoms with Gasteiger partial charge < -0.3 is 5.11 Å². The number of allylic oxidation sites excluding steroid dienone is 2. The zero-order valence-corrected chi connectivity index (χ0v) is 15.3. The fourth-order valence-electron chi connectivity index (χ4n) is 4.01. The lowest BCUT2D eigenvalue weighted by atomic mass is 9.86. The van der Waals surface area contributed by atoms with Gasteiger partial charge in [0.25, 0.3) is 0 Å². The van der Waals surface area contributed by atoms with E-state index in [1.807, 2.05) is 30.4 Å². The first-order valence-electron chi connectivity index (χ1n) is 9.21. The lowest BCUT2D eigenvalue weighted by Gasteiger charge is -2.19. The summed E-state index contributed by atoms with van der Waals surface area (Å²) >= 11 is 0. The lowest BCUT2D eigenvalue weighted by Crippen LogP contribution is -1.98. The van der Waals surface area contributed by atoms with E-state index < -0.39 is 0 Å². The van der Waals surface area contributed by atoms with Crippen LogP contribution in [0.4, 0.5) is 0 Å². The van der Waals surface area contributed by atoms with Gasteiger partial charge in [-0.3, -0.25) is 0 Å². The molecule has 0 spiro atoms. The minimum Gasteiger partial charge on any atom is -0.507 e. The summed E-state index contributed by atoms with van der Waals surface area (Å²) in [6, 6.07) is 22.9. The number of phenols is 1. The standard InChI is InChI=1S/C26H22O/c1-3-10-20-21-15-7-8-16-23(21)25(26(27)24(20)11-4-2)22-17-9-13-18-12-5-6-14-19(18)22/h3-9,12-17,27H,1-2,10-11H2. The maximum absolute atomic E-state index is 11.4. The number of phenolic OH excluding ortho intramolecular Hbond substituents is 1. The molecule has 4 aromatic rings. The van der Waals surface area contributed by atoms with Gasteiger partial charge in [0.2, 0.25) is 0 Å². The van der Waals surface area contributed by atoms with Crippen molar-refractivity contribution in [2.24, 2.45) is 0 Å². The first-order chi connectivity index (χ1) is 13.3. The molecule has 0 aromatic heterocycles. The Balaban J connectivity index is 2.18. The third-order valence-corrected chi connectivity index (χ3v) is 5.16. The molecule has 0 atom stereocenters. The third kappa shape index (κ3) is 2.82. The molecule has 0 heterocycles. The molecule has 1 nitrogen and oxygen atoms in total. The number of rotatable bonds is 5. The number of benzene rings is 4. The first kappa shape index (κ1) is 17.1. The van der Waals surface area contributed by atoms with Gasteiger partial charge in [-0.25, -0.2) is 0 Å². The van der Waals surface area contributed by atoms with Crippen LogP contribution >= 0.6 is 0 Å². The molecule has 1 N–H and O–H groups in total. The van der Waals surface area contributed by atoms with Gasteiger partial charge in [-0.2, -0.15) is 0 Å². The van der Waals surface area contributed by atoms with Crippen molar-refractivity contribution in [3.63, 3.8) is 0 Å². The first-order valence-corrected chi connectivity index (χ1v) is 9.21. The van der Waals surface area contributed by atoms with Crippen LogP contribution in [0.25, 0.3) is 32.7 Å². The Morgan fingerprint density at radius 3 is 2.00 bits per heavy atom. The molecule has 4 rings (SSSR count). The van der Waals surface area contributed by atoms with Gasteiger partial charge in [0.05, 0.1) is 0 Å². The van der Waals surface area contributed by atoms with Gasteiger partial charge in [-0.1, -0.05) is 78.9 Å². The molecule has 0 saturated carbocycles. The third-order valence-electron chi connectivity index (χ3n) is 5.16. The van der Waals surface area contributed by atoms with Crippen molar-refractivity contribution in [2.75, 3.05) is 0 Å². The minimum atomic E-state index is 0.349. The number of hydrogen-bond acceptors (Lipinski definition) is 1. The molecule has 0 amide bonds. The molecule has 0 bridgehead atoms. The average Bonchev–Trinajstić information content (AvgIpc) is 2.71. The van der Waals surface area contributed by atoms with E-state index in [0.717, 1.165) is 38.4 Å². The summed E-state index contributed by atoms with van der Waals surface area (Å²) in [6.45, 7) is 7.80. The summed E-state index contributed by atoms with van der Waals surface area (Å²) in [4.78, 5) is 0. The number of aromatic hydroxyl groups is 1. The van der Waals surface area contributed by atoms with E-state index in [1.165, 1.54) is 5.39 Å².